The van der Waals surface area contributed by atoms with Crippen molar-refractivity contribution in [1.82, 2.24) is 4.90 Å². The Bertz CT molecular complexity index is 501. The van der Waals surface area contributed by atoms with Gasteiger partial charge >= 0.3 is 0 Å². The molecular weight excluding hydrogens is 270 g/mol. The van der Waals surface area contributed by atoms with Gasteiger partial charge in [-0.2, -0.15) is 0 Å². The number of rotatable bonds is 7. The van der Waals surface area contributed by atoms with Gasteiger partial charge in [-0.1, -0.05) is 17.3 Å². The van der Waals surface area contributed by atoms with Crippen molar-refractivity contribution in [2.24, 2.45) is 10.9 Å². The summed E-state index contributed by atoms with van der Waals surface area (Å²) < 4.78 is 5.56. The summed E-state index contributed by atoms with van der Waals surface area (Å²) in [7, 11) is 0. The molecule has 1 aromatic rings. The zero-order valence-electron chi connectivity index (χ0n) is 12.7. The van der Waals surface area contributed by atoms with Crippen LogP contribution in [0.25, 0.3) is 0 Å². The Morgan fingerprint density at radius 1 is 1.48 bits per heavy atom. The molecule has 116 valence electrons. The molecule has 0 aliphatic carbocycles. The van der Waals surface area contributed by atoms with Gasteiger partial charge in [0.2, 0.25) is 5.91 Å². The van der Waals surface area contributed by atoms with E-state index in [0.29, 0.717) is 6.61 Å². The summed E-state index contributed by atoms with van der Waals surface area (Å²) in [5.74, 6) is 0.663. The van der Waals surface area contributed by atoms with Crippen molar-refractivity contribution < 1.29 is 14.7 Å². The van der Waals surface area contributed by atoms with Gasteiger partial charge in [-0.15, -0.1) is 0 Å². The van der Waals surface area contributed by atoms with E-state index in [0.717, 1.165) is 11.3 Å². The molecule has 0 aromatic heterocycles. The summed E-state index contributed by atoms with van der Waals surface area (Å²) in [6, 6.07) is 7.63. The van der Waals surface area contributed by atoms with E-state index in [1.165, 1.54) is 0 Å². The Hall–Kier alpha value is -2.24. The highest BCUT2D eigenvalue weighted by molar-refractivity contribution is 5.87. The predicted molar refractivity (Wildman–Crippen MR) is 81.5 cm³/mol. The first-order chi connectivity index (χ1) is 9.93. The molecule has 0 fully saturated rings. The number of carbonyl (C=O) groups excluding carboxylic acids is 1. The summed E-state index contributed by atoms with van der Waals surface area (Å²) in [6.45, 7) is 6.14. The molecule has 1 rings (SSSR count). The van der Waals surface area contributed by atoms with Crippen molar-refractivity contribution in [3.05, 3.63) is 29.8 Å². The summed E-state index contributed by atoms with van der Waals surface area (Å²) in [6.07, 6.45) is 0.241. The van der Waals surface area contributed by atoms with Crippen LogP contribution in [0.5, 0.6) is 5.75 Å². The van der Waals surface area contributed by atoms with Crippen LogP contribution in [0.2, 0.25) is 0 Å². The van der Waals surface area contributed by atoms with E-state index in [1.807, 2.05) is 45.0 Å². The molecule has 0 spiro atoms. The van der Waals surface area contributed by atoms with Gasteiger partial charge in [0.1, 0.15) is 5.75 Å². The molecule has 0 aliphatic heterocycles. The Morgan fingerprint density at radius 3 is 2.76 bits per heavy atom. The number of carbonyl (C=O) groups is 1. The average molecular weight is 293 g/mol. The standard InChI is InChI=1S/C15H23N3O3/c1-11(2)18(10-14(16)17-20)15(19)7-8-21-13-6-4-5-12(3)9-13/h4-6,9,11,20H,7-8,10H2,1-3H3,(H2,16,17). The van der Waals surface area contributed by atoms with Crippen molar-refractivity contribution in [2.45, 2.75) is 33.2 Å². The number of amidine groups is 1. The molecule has 0 saturated carbocycles. The minimum Gasteiger partial charge on any atom is -0.493 e. The number of nitrogens with two attached hydrogens (primary N) is 1. The first-order valence-electron chi connectivity index (χ1n) is 6.89. The number of nitrogens with zero attached hydrogens (tertiary/aromatic N) is 2. The van der Waals surface area contributed by atoms with Crippen molar-refractivity contribution in [2.75, 3.05) is 13.2 Å². The molecule has 3 N–H and O–H groups in total. The monoisotopic (exact) mass is 293 g/mol. The van der Waals surface area contributed by atoms with E-state index in [1.54, 1.807) is 4.90 Å². The largest absolute Gasteiger partial charge is 0.493 e. The number of hydrogen-bond acceptors (Lipinski definition) is 4. The van der Waals surface area contributed by atoms with Crippen molar-refractivity contribution in [3.8, 4) is 5.75 Å². The second kappa shape index (κ2) is 8.14. The van der Waals surface area contributed by atoms with Gasteiger partial charge in [-0.3, -0.25) is 4.79 Å². The third-order valence-electron chi connectivity index (χ3n) is 2.98. The molecule has 0 saturated heterocycles. The van der Waals surface area contributed by atoms with Crippen LogP contribution < -0.4 is 10.5 Å². The highest BCUT2D eigenvalue weighted by Crippen LogP contribution is 2.13. The quantitative estimate of drug-likeness (QED) is 0.347. The van der Waals surface area contributed by atoms with Gasteiger partial charge in [0.05, 0.1) is 19.6 Å². The number of amides is 1. The number of hydrogen-bond donors (Lipinski definition) is 2. The Labute approximate surface area is 125 Å². The molecular formula is C15H23N3O3. The zero-order valence-corrected chi connectivity index (χ0v) is 12.7. The lowest BCUT2D eigenvalue weighted by molar-refractivity contribution is -0.132. The summed E-state index contributed by atoms with van der Waals surface area (Å²) in [5, 5.41) is 11.5. The Morgan fingerprint density at radius 2 is 2.19 bits per heavy atom. The van der Waals surface area contributed by atoms with Gasteiger partial charge in [-0.25, -0.2) is 0 Å². The van der Waals surface area contributed by atoms with E-state index in [-0.39, 0.29) is 30.8 Å². The Kier molecular flexibility index (Phi) is 6.52. The lowest BCUT2D eigenvalue weighted by Crippen LogP contribution is -2.43. The Balaban J connectivity index is 2.50. The lowest BCUT2D eigenvalue weighted by atomic mass is 10.2. The SMILES string of the molecule is Cc1cccc(OCCC(=O)N(CC(N)=NO)C(C)C)c1. The fraction of sp³-hybridized carbons (Fsp3) is 0.467. The number of aryl methyl sites for hydroxylation is 1. The van der Waals surface area contributed by atoms with Crippen molar-refractivity contribution in [3.63, 3.8) is 0 Å². The van der Waals surface area contributed by atoms with Gasteiger partial charge in [0.25, 0.3) is 0 Å². The molecule has 1 amide bonds. The number of oxime groups is 1. The third-order valence-corrected chi connectivity index (χ3v) is 2.98. The van der Waals surface area contributed by atoms with Crippen LogP contribution in [0.1, 0.15) is 25.8 Å². The van der Waals surface area contributed by atoms with Crippen LogP contribution in [0.3, 0.4) is 0 Å². The van der Waals surface area contributed by atoms with Crippen LogP contribution in [-0.2, 0) is 4.79 Å². The maximum Gasteiger partial charge on any atom is 0.226 e. The van der Waals surface area contributed by atoms with Gasteiger partial charge in [0.15, 0.2) is 5.84 Å². The van der Waals surface area contributed by atoms with Crippen LogP contribution in [0, 0.1) is 6.92 Å². The molecule has 0 bridgehead atoms. The van der Waals surface area contributed by atoms with Gasteiger partial charge in [-0.05, 0) is 38.5 Å². The third kappa shape index (κ3) is 5.72. The van der Waals surface area contributed by atoms with Crippen LogP contribution in [-0.4, -0.2) is 41.0 Å². The number of benzene rings is 1. The van der Waals surface area contributed by atoms with E-state index < -0.39 is 0 Å². The second-order valence-electron chi connectivity index (χ2n) is 5.12. The minimum absolute atomic E-state index is 0.0108. The molecule has 0 atom stereocenters. The first kappa shape index (κ1) is 16.8. The van der Waals surface area contributed by atoms with Crippen LogP contribution in [0.15, 0.2) is 29.4 Å². The molecule has 21 heavy (non-hydrogen) atoms. The van der Waals surface area contributed by atoms with Gasteiger partial charge in [0, 0.05) is 6.04 Å². The maximum atomic E-state index is 12.1. The molecule has 0 unspecified atom stereocenters. The lowest BCUT2D eigenvalue weighted by Gasteiger charge is -2.26. The molecule has 1 aromatic carbocycles. The average Bonchev–Trinajstić information content (AvgIpc) is 2.44. The summed E-state index contributed by atoms with van der Waals surface area (Å²) in [4.78, 5) is 13.7. The second-order valence-corrected chi connectivity index (χ2v) is 5.12. The topological polar surface area (TPSA) is 88.2 Å². The van der Waals surface area contributed by atoms with E-state index >= 15 is 0 Å². The maximum absolute atomic E-state index is 12.1. The highest BCUT2D eigenvalue weighted by Gasteiger charge is 2.18. The summed E-state index contributed by atoms with van der Waals surface area (Å²) in [5.41, 5.74) is 6.57. The normalized spacial score (nSPS) is 11.5. The number of ether oxygens (including phenoxy) is 1. The van der Waals surface area contributed by atoms with E-state index in [4.69, 9.17) is 15.7 Å². The predicted octanol–water partition coefficient (Wildman–Crippen LogP) is 1.75. The molecule has 6 heteroatoms. The summed E-state index contributed by atoms with van der Waals surface area (Å²) >= 11 is 0. The van der Waals surface area contributed by atoms with Crippen LogP contribution >= 0.6 is 0 Å². The van der Waals surface area contributed by atoms with E-state index in [2.05, 4.69) is 5.16 Å². The van der Waals surface area contributed by atoms with Crippen molar-refractivity contribution >= 4 is 11.7 Å². The molecule has 0 heterocycles. The first-order valence-corrected chi connectivity index (χ1v) is 6.89. The van der Waals surface area contributed by atoms with Gasteiger partial charge < -0.3 is 20.6 Å². The molecule has 0 radical (unpaired) electrons. The van der Waals surface area contributed by atoms with Crippen molar-refractivity contribution in [1.29, 1.82) is 0 Å². The zero-order chi connectivity index (χ0) is 15.8. The smallest absolute Gasteiger partial charge is 0.226 e. The molecule has 6 nitrogen and oxygen atoms in total. The van der Waals surface area contributed by atoms with Crippen LogP contribution in [0.4, 0.5) is 0 Å². The fourth-order valence-electron chi connectivity index (χ4n) is 1.87. The minimum atomic E-state index is -0.0933. The molecule has 0 aliphatic rings. The highest BCUT2D eigenvalue weighted by atomic mass is 16.5. The fourth-order valence-corrected chi connectivity index (χ4v) is 1.87. The van der Waals surface area contributed by atoms with E-state index in [9.17, 15) is 4.79 Å².